The molecular formula is C15H15BrN4O2. The number of nitrogens with zero attached hydrogens (tertiary/aromatic N) is 4. The van der Waals surface area contributed by atoms with Crippen molar-refractivity contribution in [1.82, 2.24) is 14.3 Å². The van der Waals surface area contributed by atoms with E-state index in [1.807, 2.05) is 16.7 Å². The first-order chi connectivity index (χ1) is 10.6. The van der Waals surface area contributed by atoms with Crippen LogP contribution in [0.3, 0.4) is 0 Å². The van der Waals surface area contributed by atoms with Crippen LogP contribution < -0.4 is 4.90 Å². The number of aromatic nitrogens is 2. The molecule has 3 amide bonds. The van der Waals surface area contributed by atoms with Gasteiger partial charge in [0.2, 0.25) is 5.91 Å². The van der Waals surface area contributed by atoms with Crippen LogP contribution in [0.15, 0.2) is 18.5 Å². The van der Waals surface area contributed by atoms with Crippen molar-refractivity contribution in [3.63, 3.8) is 0 Å². The summed E-state index contributed by atoms with van der Waals surface area (Å²) < 4.78 is 1.97. The van der Waals surface area contributed by atoms with Crippen LogP contribution in [0.5, 0.6) is 0 Å². The minimum Gasteiger partial charge on any atom is -0.305 e. The summed E-state index contributed by atoms with van der Waals surface area (Å²) in [5.74, 6) is 0.372. The summed E-state index contributed by atoms with van der Waals surface area (Å²) in [6.07, 6.45) is 6.41. The number of carbonyl (C=O) groups is 2. The number of carbonyl (C=O) groups excluding carboxylic acids is 2. The average Bonchev–Trinajstić information content (AvgIpc) is 3.23. The lowest BCUT2D eigenvalue weighted by molar-refractivity contribution is -0.123. The zero-order chi connectivity index (χ0) is 15.4. The van der Waals surface area contributed by atoms with Gasteiger partial charge in [0.1, 0.15) is 6.54 Å². The molecule has 6 nitrogen and oxygen atoms in total. The lowest BCUT2D eigenvalue weighted by atomic mass is 10.1. The summed E-state index contributed by atoms with van der Waals surface area (Å²) in [5.41, 5.74) is 3.55. The Kier molecular flexibility index (Phi) is 3.00. The fourth-order valence-corrected chi connectivity index (χ4v) is 3.11. The number of urea groups is 1. The third-order valence-electron chi connectivity index (χ3n) is 4.26. The van der Waals surface area contributed by atoms with Crippen LogP contribution >= 0.6 is 15.9 Å². The zero-order valence-corrected chi connectivity index (χ0v) is 13.7. The second kappa shape index (κ2) is 4.81. The van der Waals surface area contributed by atoms with E-state index in [-0.39, 0.29) is 18.5 Å². The number of hydrogen-bond donors (Lipinski definition) is 0. The maximum absolute atomic E-state index is 12.3. The molecular weight excluding hydrogens is 348 g/mol. The smallest absolute Gasteiger partial charge is 0.305 e. The van der Waals surface area contributed by atoms with E-state index < -0.39 is 0 Å². The number of amides is 3. The number of imide groups is 1. The monoisotopic (exact) mass is 362 g/mol. The predicted molar refractivity (Wildman–Crippen MR) is 85.3 cm³/mol. The van der Waals surface area contributed by atoms with Crippen molar-refractivity contribution in [1.29, 1.82) is 0 Å². The minimum absolute atomic E-state index is 0.0790. The van der Waals surface area contributed by atoms with Gasteiger partial charge in [0.15, 0.2) is 5.65 Å². The first-order valence-corrected chi connectivity index (χ1v) is 8.36. The van der Waals surface area contributed by atoms with Crippen molar-refractivity contribution in [3.8, 4) is 0 Å². The zero-order valence-electron chi connectivity index (χ0n) is 12.1. The molecule has 1 aliphatic carbocycles. The molecule has 2 fully saturated rings. The van der Waals surface area contributed by atoms with Gasteiger partial charge in [-0.1, -0.05) is 15.9 Å². The molecule has 0 N–H and O–H groups in total. The molecule has 7 heteroatoms. The number of likely N-dealkylation sites (N-methyl/N-ethyl adjacent to an activating group) is 1. The van der Waals surface area contributed by atoms with Crippen molar-refractivity contribution in [2.75, 3.05) is 18.5 Å². The molecule has 2 aliphatic rings. The Hall–Kier alpha value is -1.89. The summed E-state index contributed by atoms with van der Waals surface area (Å²) in [5, 5.41) is 0.652. The van der Waals surface area contributed by atoms with Crippen molar-refractivity contribution < 1.29 is 9.59 Å². The number of rotatable bonds is 3. The lowest BCUT2D eigenvalue weighted by Gasteiger charge is -2.17. The second-order valence-electron chi connectivity index (χ2n) is 5.85. The molecule has 0 radical (unpaired) electrons. The maximum atomic E-state index is 12.3. The number of pyridine rings is 1. The van der Waals surface area contributed by atoms with E-state index in [2.05, 4.69) is 27.1 Å². The molecule has 0 aromatic carbocycles. The van der Waals surface area contributed by atoms with Crippen LogP contribution in [0.4, 0.5) is 10.5 Å². The first kappa shape index (κ1) is 13.8. The molecule has 2 aromatic heterocycles. The number of hydrogen-bond acceptors (Lipinski definition) is 3. The van der Waals surface area contributed by atoms with Gasteiger partial charge in [0.05, 0.1) is 11.4 Å². The van der Waals surface area contributed by atoms with Crippen molar-refractivity contribution >= 4 is 39.2 Å². The van der Waals surface area contributed by atoms with Gasteiger partial charge in [0, 0.05) is 24.8 Å². The third-order valence-corrected chi connectivity index (χ3v) is 4.84. The first-order valence-electron chi connectivity index (χ1n) is 7.24. The van der Waals surface area contributed by atoms with Gasteiger partial charge in [0.25, 0.3) is 0 Å². The maximum Gasteiger partial charge on any atom is 0.331 e. The molecule has 0 unspecified atom stereocenters. The van der Waals surface area contributed by atoms with E-state index in [0.717, 1.165) is 21.9 Å². The van der Waals surface area contributed by atoms with E-state index in [1.165, 1.54) is 30.4 Å². The standard InChI is InChI=1S/C15H15BrN4O2/c1-18-13(21)8-20(15(18)22)12-4-10(9-2-3-9)6-19-7-11(5-16)17-14(12)19/h4,6-7,9H,2-3,5,8H2,1H3. The van der Waals surface area contributed by atoms with E-state index in [4.69, 9.17) is 0 Å². The SMILES string of the molecule is CN1C(=O)CN(c2cc(C3CC3)cn3cc(CBr)nc23)C1=O. The Morgan fingerprint density at radius 3 is 2.68 bits per heavy atom. The summed E-state index contributed by atoms with van der Waals surface area (Å²) in [4.78, 5) is 31.4. The Morgan fingerprint density at radius 1 is 1.32 bits per heavy atom. The third kappa shape index (κ3) is 2.03. The molecule has 3 heterocycles. The topological polar surface area (TPSA) is 57.9 Å². The lowest BCUT2D eigenvalue weighted by Crippen LogP contribution is -2.30. The van der Waals surface area contributed by atoms with Crippen LogP contribution in [0, 0.1) is 0 Å². The van der Waals surface area contributed by atoms with Crippen LogP contribution in [0.1, 0.15) is 30.0 Å². The molecule has 0 atom stereocenters. The van der Waals surface area contributed by atoms with Crippen LogP contribution in [-0.4, -0.2) is 39.8 Å². The summed E-state index contributed by atoms with van der Waals surface area (Å²) in [6.45, 7) is 0.0790. The van der Waals surface area contributed by atoms with Gasteiger partial charge in [-0.2, -0.15) is 0 Å². The van der Waals surface area contributed by atoms with Crippen LogP contribution in [0.25, 0.3) is 5.65 Å². The average molecular weight is 363 g/mol. The molecule has 1 saturated heterocycles. The molecule has 0 bridgehead atoms. The Morgan fingerprint density at radius 2 is 2.09 bits per heavy atom. The number of halogens is 1. The second-order valence-corrected chi connectivity index (χ2v) is 6.41. The fraction of sp³-hybridized carbons (Fsp3) is 0.400. The van der Waals surface area contributed by atoms with Gasteiger partial charge in [-0.05, 0) is 30.4 Å². The quantitative estimate of drug-likeness (QED) is 0.622. The Bertz CT molecular complexity index is 796. The molecule has 114 valence electrons. The minimum atomic E-state index is -0.289. The Balaban J connectivity index is 1.89. The number of anilines is 1. The number of alkyl halides is 1. The van der Waals surface area contributed by atoms with Crippen LogP contribution in [0.2, 0.25) is 0 Å². The highest BCUT2D eigenvalue weighted by Crippen LogP contribution is 2.42. The summed E-state index contributed by atoms with van der Waals surface area (Å²) in [6, 6.07) is 1.73. The van der Waals surface area contributed by atoms with E-state index in [1.54, 1.807) is 0 Å². The van der Waals surface area contributed by atoms with Crippen LogP contribution in [-0.2, 0) is 10.1 Å². The fourth-order valence-electron chi connectivity index (χ4n) is 2.84. The molecule has 4 rings (SSSR count). The molecule has 1 saturated carbocycles. The highest BCUT2D eigenvalue weighted by atomic mass is 79.9. The molecule has 2 aromatic rings. The van der Waals surface area contributed by atoms with E-state index in [0.29, 0.717) is 11.2 Å². The van der Waals surface area contributed by atoms with Gasteiger partial charge in [-0.15, -0.1) is 0 Å². The van der Waals surface area contributed by atoms with E-state index >= 15 is 0 Å². The number of fused-ring (bicyclic) bond motifs is 1. The highest BCUT2D eigenvalue weighted by molar-refractivity contribution is 9.08. The summed E-state index contributed by atoms with van der Waals surface area (Å²) in [7, 11) is 1.52. The summed E-state index contributed by atoms with van der Waals surface area (Å²) >= 11 is 3.42. The largest absolute Gasteiger partial charge is 0.331 e. The van der Waals surface area contributed by atoms with Gasteiger partial charge < -0.3 is 4.40 Å². The van der Waals surface area contributed by atoms with Crippen molar-refractivity contribution in [2.45, 2.75) is 24.1 Å². The van der Waals surface area contributed by atoms with Gasteiger partial charge in [-0.25, -0.2) is 9.78 Å². The normalized spacial score (nSPS) is 18.8. The van der Waals surface area contributed by atoms with Gasteiger partial charge >= 0.3 is 6.03 Å². The highest BCUT2D eigenvalue weighted by Gasteiger charge is 2.36. The molecule has 0 spiro atoms. The number of imidazole rings is 1. The van der Waals surface area contributed by atoms with E-state index in [9.17, 15) is 9.59 Å². The van der Waals surface area contributed by atoms with Gasteiger partial charge in [-0.3, -0.25) is 14.6 Å². The predicted octanol–water partition coefficient (Wildman–Crippen LogP) is 2.51. The van der Waals surface area contributed by atoms with Crippen molar-refractivity contribution in [3.05, 3.63) is 29.7 Å². The Labute approximate surface area is 135 Å². The molecule has 1 aliphatic heterocycles. The molecule has 22 heavy (non-hydrogen) atoms. The van der Waals surface area contributed by atoms with Crippen molar-refractivity contribution in [2.24, 2.45) is 0 Å².